The van der Waals surface area contributed by atoms with Gasteiger partial charge in [-0.05, 0) is 40.0 Å². The fraction of sp³-hybridized carbons (Fsp3) is 0.783. The average Bonchev–Trinajstić information content (AvgIpc) is 2.67. The van der Waals surface area contributed by atoms with Crippen LogP contribution >= 0.6 is 0 Å². The van der Waals surface area contributed by atoms with Gasteiger partial charge in [-0.3, -0.25) is 14.4 Å². The number of ether oxygens (including phenoxy) is 2. The molecule has 0 aliphatic carbocycles. The van der Waals surface area contributed by atoms with Crippen molar-refractivity contribution in [1.29, 1.82) is 5.26 Å². The minimum absolute atomic E-state index is 0.00666. The highest BCUT2D eigenvalue weighted by molar-refractivity contribution is 6.38. The van der Waals surface area contributed by atoms with Crippen molar-refractivity contribution in [3.63, 3.8) is 0 Å². The second kappa shape index (κ2) is 12.5. The number of hydrogen-bond donors (Lipinski definition) is 2. The molecule has 2 N–H and O–H groups in total. The molecule has 3 aliphatic heterocycles. The fourth-order valence-corrected chi connectivity index (χ4v) is 3.81. The molecule has 2 atom stereocenters. The molecule has 3 fully saturated rings. The summed E-state index contributed by atoms with van der Waals surface area (Å²) in [5, 5.41) is 12.6. The topological polar surface area (TPSA) is 138 Å². The van der Waals surface area contributed by atoms with E-state index >= 15 is 0 Å². The van der Waals surface area contributed by atoms with Crippen molar-refractivity contribution in [2.24, 2.45) is 11.3 Å². The molecular weight excluding hydrogens is 428 g/mol. The van der Waals surface area contributed by atoms with Gasteiger partial charge in [-0.25, -0.2) is 4.79 Å². The second-order valence-electron chi connectivity index (χ2n) is 9.31. The van der Waals surface area contributed by atoms with Gasteiger partial charge in [0.2, 0.25) is 11.7 Å². The van der Waals surface area contributed by atoms with Crippen LogP contribution in [0.5, 0.6) is 0 Å². The first-order chi connectivity index (χ1) is 15.5. The summed E-state index contributed by atoms with van der Waals surface area (Å²) in [6.07, 6.45) is 0.718. The summed E-state index contributed by atoms with van der Waals surface area (Å²) in [6, 6.07) is 0.658. The molecule has 0 bridgehead atoms. The number of carbonyl (C=O) groups is 4. The zero-order chi connectivity index (χ0) is 25.2. The largest absolute Gasteiger partial charge is 0.444 e. The van der Waals surface area contributed by atoms with Crippen LogP contribution in [0.15, 0.2) is 0 Å². The smallest absolute Gasteiger partial charge is 0.408 e. The number of nitrogens with one attached hydrogen (secondary N) is 2. The Balaban J connectivity index is 0.00000101. The standard InChI is InChI=1S/C19H29N3O6.C2H3N.C2H6/c1-18(2,3)28-17(26)21-13(7-12-5-4-6-20-15(12)24)14(23)16(25)22-8-19(9-22)10-27-11-19;1-2-3;1-2/h12-13H,4-11H2,1-3H3,(H,20,24)(H,21,26);1H3;1-2H3. The van der Waals surface area contributed by atoms with E-state index in [4.69, 9.17) is 14.7 Å². The summed E-state index contributed by atoms with van der Waals surface area (Å²) in [5.41, 5.74) is -0.745. The van der Waals surface area contributed by atoms with E-state index in [0.29, 0.717) is 39.3 Å². The maximum absolute atomic E-state index is 12.9. The van der Waals surface area contributed by atoms with Crippen LogP contribution in [0.4, 0.5) is 4.79 Å². The van der Waals surface area contributed by atoms with E-state index in [0.717, 1.165) is 6.42 Å². The van der Waals surface area contributed by atoms with Crippen molar-refractivity contribution in [3.05, 3.63) is 0 Å². The molecule has 1 spiro atoms. The van der Waals surface area contributed by atoms with E-state index in [9.17, 15) is 19.2 Å². The molecule has 10 heteroatoms. The zero-order valence-corrected chi connectivity index (χ0v) is 20.7. The predicted octanol–water partition coefficient (Wildman–Crippen LogP) is 1.78. The first-order valence-corrected chi connectivity index (χ1v) is 11.5. The maximum Gasteiger partial charge on any atom is 0.408 e. The van der Waals surface area contributed by atoms with E-state index in [1.807, 2.05) is 13.8 Å². The Morgan fingerprint density at radius 3 is 2.33 bits per heavy atom. The normalized spacial score (nSPS) is 21.2. The van der Waals surface area contributed by atoms with Gasteiger partial charge in [0, 0.05) is 32.5 Å². The Morgan fingerprint density at radius 1 is 1.30 bits per heavy atom. The molecule has 0 aromatic heterocycles. The highest BCUT2D eigenvalue weighted by atomic mass is 16.6. The molecule has 186 valence electrons. The van der Waals surface area contributed by atoms with E-state index in [-0.39, 0.29) is 17.7 Å². The van der Waals surface area contributed by atoms with Gasteiger partial charge in [0.1, 0.15) is 11.6 Å². The summed E-state index contributed by atoms with van der Waals surface area (Å²) < 4.78 is 10.4. The van der Waals surface area contributed by atoms with Crippen molar-refractivity contribution < 1.29 is 28.7 Å². The lowest BCUT2D eigenvalue weighted by molar-refractivity contribution is -0.195. The minimum Gasteiger partial charge on any atom is -0.444 e. The van der Waals surface area contributed by atoms with Crippen LogP contribution in [0.1, 0.15) is 60.8 Å². The number of carbonyl (C=O) groups excluding carboxylic acids is 4. The van der Waals surface area contributed by atoms with Crippen molar-refractivity contribution in [3.8, 4) is 6.07 Å². The van der Waals surface area contributed by atoms with Gasteiger partial charge in [-0.2, -0.15) is 5.26 Å². The van der Waals surface area contributed by atoms with E-state index in [1.54, 1.807) is 26.8 Å². The number of amides is 3. The third-order valence-corrected chi connectivity index (χ3v) is 5.29. The van der Waals surface area contributed by atoms with Gasteiger partial charge in [-0.1, -0.05) is 13.8 Å². The number of likely N-dealkylation sites (tertiary alicyclic amines) is 1. The van der Waals surface area contributed by atoms with Gasteiger partial charge in [0.05, 0.1) is 24.7 Å². The molecule has 3 heterocycles. The fourth-order valence-electron chi connectivity index (χ4n) is 3.81. The van der Waals surface area contributed by atoms with Gasteiger partial charge in [0.25, 0.3) is 5.91 Å². The molecule has 3 saturated heterocycles. The molecule has 2 unspecified atom stereocenters. The molecule has 0 radical (unpaired) electrons. The number of nitrogens with zero attached hydrogens (tertiary/aromatic N) is 2. The molecule has 33 heavy (non-hydrogen) atoms. The van der Waals surface area contributed by atoms with Crippen LogP contribution in [0.2, 0.25) is 0 Å². The van der Waals surface area contributed by atoms with Gasteiger partial charge in [-0.15, -0.1) is 0 Å². The SMILES string of the molecule is CC.CC#N.CC(C)(C)OC(=O)NC(CC1CCCNC1=O)C(=O)C(=O)N1CC2(COC2)C1. The molecule has 3 aliphatic rings. The van der Waals surface area contributed by atoms with Crippen molar-refractivity contribution >= 4 is 23.7 Å². The quantitative estimate of drug-likeness (QED) is 0.589. The lowest BCUT2D eigenvalue weighted by Crippen LogP contribution is -2.68. The number of ketones is 1. The average molecular weight is 467 g/mol. The van der Waals surface area contributed by atoms with Crippen LogP contribution in [0.25, 0.3) is 0 Å². The van der Waals surface area contributed by atoms with E-state index in [1.165, 1.54) is 11.8 Å². The van der Waals surface area contributed by atoms with Crippen LogP contribution in [0, 0.1) is 22.7 Å². The Labute approximate surface area is 196 Å². The lowest BCUT2D eigenvalue weighted by Gasteiger charge is -2.54. The predicted molar refractivity (Wildman–Crippen MR) is 121 cm³/mol. The minimum atomic E-state index is -1.09. The molecule has 0 saturated carbocycles. The molecule has 0 aromatic rings. The van der Waals surface area contributed by atoms with Crippen LogP contribution in [-0.2, 0) is 23.9 Å². The number of rotatable bonds is 5. The number of hydrogen-bond acceptors (Lipinski definition) is 7. The third kappa shape index (κ3) is 8.31. The zero-order valence-electron chi connectivity index (χ0n) is 20.7. The molecule has 3 rings (SSSR count). The molecule has 10 nitrogen and oxygen atoms in total. The first-order valence-electron chi connectivity index (χ1n) is 11.5. The van der Waals surface area contributed by atoms with Crippen LogP contribution in [-0.4, -0.2) is 73.1 Å². The molecule has 3 amide bonds. The van der Waals surface area contributed by atoms with E-state index in [2.05, 4.69) is 10.6 Å². The Bertz CT molecular complexity index is 743. The highest BCUT2D eigenvalue weighted by Gasteiger charge is 2.52. The number of alkyl carbamates (subject to hydrolysis) is 1. The maximum atomic E-state index is 12.9. The number of piperidine rings is 1. The summed E-state index contributed by atoms with van der Waals surface area (Å²) in [4.78, 5) is 51.3. The van der Waals surface area contributed by atoms with Gasteiger partial charge in [0.15, 0.2) is 0 Å². The third-order valence-electron chi connectivity index (χ3n) is 5.29. The van der Waals surface area contributed by atoms with Gasteiger partial charge < -0.3 is 25.0 Å². The highest BCUT2D eigenvalue weighted by Crippen LogP contribution is 2.37. The summed E-state index contributed by atoms with van der Waals surface area (Å²) >= 11 is 0. The second-order valence-corrected chi connectivity index (χ2v) is 9.31. The van der Waals surface area contributed by atoms with Gasteiger partial charge >= 0.3 is 6.09 Å². The molecule has 0 aromatic carbocycles. The number of Topliss-reactive ketones (excluding diaryl/α,β-unsaturated/α-hetero) is 1. The Morgan fingerprint density at radius 2 is 1.88 bits per heavy atom. The van der Waals surface area contributed by atoms with Crippen LogP contribution < -0.4 is 10.6 Å². The van der Waals surface area contributed by atoms with E-state index < -0.39 is 35.3 Å². The van der Waals surface area contributed by atoms with Crippen molar-refractivity contribution in [2.75, 3.05) is 32.8 Å². The Kier molecular flexibility index (Phi) is 10.8. The summed E-state index contributed by atoms with van der Waals surface area (Å²) in [6.45, 7) is 13.3. The van der Waals surface area contributed by atoms with Crippen molar-refractivity contribution in [2.45, 2.75) is 72.4 Å². The molecular formula is C23H38N4O6. The first kappa shape index (κ1) is 28.4. The Hall–Kier alpha value is -2.67. The number of nitriles is 1. The summed E-state index contributed by atoms with van der Waals surface area (Å²) in [5.74, 6) is -1.92. The monoisotopic (exact) mass is 466 g/mol. The van der Waals surface area contributed by atoms with Crippen molar-refractivity contribution in [1.82, 2.24) is 15.5 Å². The summed E-state index contributed by atoms with van der Waals surface area (Å²) in [7, 11) is 0. The van der Waals surface area contributed by atoms with Crippen LogP contribution in [0.3, 0.4) is 0 Å². The lowest BCUT2D eigenvalue weighted by atomic mass is 9.77.